The largest absolute Gasteiger partial charge is 0.312 e. The van der Waals surface area contributed by atoms with Gasteiger partial charge in [0.05, 0.1) is 0 Å². The molecular weight excluding hydrogens is 232 g/mol. The summed E-state index contributed by atoms with van der Waals surface area (Å²) in [6, 6.07) is 11.2. The molecule has 1 aromatic rings. The van der Waals surface area contributed by atoms with Crippen molar-refractivity contribution in [2.24, 2.45) is 5.41 Å². The molecule has 0 aromatic heterocycles. The van der Waals surface area contributed by atoms with Gasteiger partial charge in [-0.2, -0.15) is 0 Å². The van der Waals surface area contributed by atoms with Crippen LogP contribution in [-0.2, 0) is 0 Å². The second-order valence-corrected chi connectivity index (χ2v) is 6.57. The van der Waals surface area contributed by atoms with Crippen LogP contribution in [0.2, 0.25) is 0 Å². The average molecular weight is 260 g/mol. The summed E-state index contributed by atoms with van der Waals surface area (Å²) in [7, 11) is 2.07. The van der Waals surface area contributed by atoms with E-state index in [2.05, 4.69) is 61.4 Å². The van der Waals surface area contributed by atoms with Gasteiger partial charge in [0.2, 0.25) is 0 Å². The molecule has 2 rings (SSSR count). The van der Waals surface area contributed by atoms with Gasteiger partial charge in [-0.25, -0.2) is 0 Å². The second-order valence-electron chi connectivity index (χ2n) is 6.57. The zero-order chi connectivity index (χ0) is 13.7. The molecule has 1 unspecified atom stereocenters. The summed E-state index contributed by atoms with van der Waals surface area (Å²) in [5.74, 6) is 0. The Labute approximate surface area is 118 Å². The fourth-order valence-corrected chi connectivity index (χ4v) is 2.97. The third-order valence-electron chi connectivity index (χ3n) is 4.42. The SMILES string of the molecule is CNC(CN1CCCC(C)(C)CC1)c1ccccc1. The minimum Gasteiger partial charge on any atom is -0.312 e. The minimum absolute atomic E-state index is 0.447. The molecule has 2 heteroatoms. The van der Waals surface area contributed by atoms with E-state index in [-0.39, 0.29) is 0 Å². The number of hydrogen-bond acceptors (Lipinski definition) is 2. The maximum Gasteiger partial charge on any atom is 0.0446 e. The highest BCUT2D eigenvalue weighted by Gasteiger charge is 2.24. The van der Waals surface area contributed by atoms with Gasteiger partial charge < -0.3 is 10.2 Å². The van der Waals surface area contributed by atoms with E-state index < -0.39 is 0 Å². The van der Waals surface area contributed by atoms with Crippen LogP contribution in [0.1, 0.15) is 44.7 Å². The number of likely N-dealkylation sites (N-methyl/N-ethyl adjacent to an activating group) is 1. The van der Waals surface area contributed by atoms with Gasteiger partial charge in [-0.1, -0.05) is 44.2 Å². The van der Waals surface area contributed by atoms with E-state index in [1.54, 1.807) is 0 Å². The lowest BCUT2D eigenvalue weighted by Gasteiger charge is -2.27. The summed E-state index contributed by atoms with van der Waals surface area (Å²) in [4.78, 5) is 2.63. The lowest BCUT2D eigenvalue weighted by molar-refractivity contribution is 0.240. The van der Waals surface area contributed by atoms with E-state index in [4.69, 9.17) is 0 Å². The number of rotatable bonds is 4. The lowest BCUT2D eigenvalue weighted by atomic mass is 9.85. The van der Waals surface area contributed by atoms with E-state index in [9.17, 15) is 0 Å². The molecule has 1 atom stereocenters. The van der Waals surface area contributed by atoms with Crippen LogP contribution in [-0.4, -0.2) is 31.6 Å². The average Bonchev–Trinajstić information content (AvgIpc) is 2.58. The summed E-state index contributed by atoms with van der Waals surface area (Å²) in [6.07, 6.45) is 4.01. The molecule has 1 N–H and O–H groups in total. The maximum atomic E-state index is 3.47. The van der Waals surface area contributed by atoms with Crippen molar-refractivity contribution in [3.63, 3.8) is 0 Å². The fraction of sp³-hybridized carbons (Fsp3) is 0.647. The molecule has 1 aliphatic rings. The smallest absolute Gasteiger partial charge is 0.0446 e. The van der Waals surface area contributed by atoms with Crippen LogP contribution in [0, 0.1) is 5.41 Å². The molecule has 1 aliphatic heterocycles. The summed E-state index contributed by atoms with van der Waals surface area (Å²) >= 11 is 0. The molecule has 1 heterocycles. The topological polar surface area (TPSA) is 15.3 Å². The number of nitrogens with one attached hydrogen (secondary N) is 1. The van der Waals surface area contributed by atoms with E-state index in [1.165, 1.54) is 37.9 Å². The van der Waals surface area contributed by atoms with Gasteiger partial charge in [0.1, 0.15) is 0 Å². The van der Waals surface area contributed by atoms with Crippen molar-refractivity contribution >= 4 is 0 Å². The van der Waals surface area contributed by atoms with Gasteiger partial charge >= 0.3 is 0 Å². The molecule has 106 valence electrons. The standard InChI is InChI=1S/C17H28N2/c1-17(2)10-7-12-19(13-11-17)14-16(18-3)15-8-5-4-6-9-15/h4-6,8-9,16,18H,7,10-14H2,1-3H3. The van der Waals surface area contributed by atoms with E-state index >= 15 is 0 Å². The number of nitrogens with zero attached hydrogens (tertiary/aromatic N) is 1. The van der Waals surface area contributed by atoms with Gasteiger partial charge in [0.15, 0.2) is 0 Å². The number of benzene rings is 1. The monoisotopic (exact) mass is 260 g/mol. The number of hydrogen-bond donors (Lipinski definition) is 1. The molecule has 2 nitrogen and oxygen atoms in total. The van der Waals surface area contributed by atoms with Crippen LogP contribution in [0.15, 0.2) is 30.3 Å². The Morgan fingerprint density at radius 3 is 2.58 bits per heavy atom. The quantitative estimate of drug-likeness (QED) is 0.892. The van der Waals surface area contributed by atoms with Crippen LogP contribution in [0.4, 0.5) is 0 Å². The van der Waals surface area contributed by atoms with E-state index in [0.717, 1.165) is 6.54 Å². The van der Waals surface area contributed by atoms with E-state index in [1.807, 2.05) is 0 Å². The van der Waals surface area contributed by atoms with Gasteiger partial charge in [-0.3, -0.25) is 0 Å². The van der Waals surface area contributed by atoms with Crippen molar-refractivity contribution < 1.29 is 0 Å². The molecule has 0 bridgehead atoms. The first kappa shape index (κ1) is 14.5. The second kappa shape index (κ2) is 6.53. The van der Waals surface area contributed by atoms with Crippen LogP contribution in [0.3, 0.4) is 0 Å². The number of likely N-dealkylation sites (tertiary alicyclic amines) is 1. The summed E-state index contributed by atoms with van der Waals surface area (Å²) in [5.41, 5.74) is 1.92. The molecule has 1 saturated heterocycles. The van der Waals surface area contributed by atoms with Crippen molar-refractivity contribution in [2.45, 2.75) is 39.2 Å². The van der Waals surface area contributed by atoms with E-state index in [0.29, 0.717) is 11.5 Å². The first-order chi connectivity index (χ1) is 9.11. The van der Waals surface area contributed by atoms with Crippen LogP contribution in [0.5, 0.6) is 0 Å². The van der Waals surface area contributed by atoms with Crippen molar-refractivity contribution in [3.05, 3.63) is 35.9 Å². The summed E-state index contributed by atoms with van der Waals surface area (Å²) in [6.45, 7) is 8.41. The van der Waals surface area contributed by atoms with Crippen LogP contribution >= 0.6 is 0 Å². The Hall–Kier alpha value is -0.860. The molecule has 1 fully saturated rings. The summed E-state index contributed by atoms with van der Waals surface area (Å²) in [5, 5.41) is 3.47. The summed E-state index contributed by atoms with van der Waals surface area (Å²) < 4.78 is 0. The Bertz CT molecular complexity index is 372. The third kappa shape index (κ3) is 4.32. The molecular formula is C17H28N2. The van der Waals surface area contributed by atoms with Crippen molar-refractivity contribution in [1.82, 2.24) is 10.2 Å². The van der Waals surface area contributed by atoms with Crippen LogP contribution in [0.25, 0.3) is 0 Å². The predicted octanol–water partition coefficient (Wildman–Crippen LogP) is 3.46. The third-order valence-corrected chi connectivity index (χ3v) is 4.42. The Kier molecular flexibility index (Phi) is 5.00. The zero-order valence-electron chi connectivity index (χ0n) is 12.7. The lowest BCUT2D eigenvalue weighted by Crippen LogP contribution is -2.34. The van der Waals surface area contributed by atoms with Gasteiger partial charge in [-0.15, -0.1) is 0 Å². The highest BCUT2D eigenvalue weighted by atomic mass is 15.1. The predicted molar refractivity (Wildman–Crippen MR) is 82.3 cm³/mol. The fourth-order valence-electron chi connectivity index (χ4n) is 2.97. The van der Waals surface area contributed by atoms with Gasteiger partial charge in [0, 0.05) is 12.6 Å². The Morgan fingerprint density at radius 2 is 1.89 bits per heavy atom. The van der Waals surface area contributed by atoms with Crippen LogP contribution < -0.4 is 5.32 Å². The Morgan fingerprint density at radius 1 is 1.16 bits per heavy atom. The molecule has 19 heavy (non-hydrogen) atoms. The minimum atomic E-state index is 0.447. The van der Waals surface area contributed by atoms with Gasteiger partial charge in [-0.05, 0) is 50.4 Å². The normalized spacial score (nSPS) is 21.8. The Balaban J connectivity index is 1.95. The molecule has 0 spiro atoms. The first-order valence-corrected chi connectivity index (χ1v) is 7.55. The molecule has 1 aromatic carbocycles. The van der Waals surface area contributed by atoms with Crippen molar-refractivity contribution in [3.8, 4) is 0 Å². The highest BCUT2D eigenvalue weighted by molar-refractivity contribution is 5.19. The zero-order valence-corrected chi connectivity index (χ0v) is 12.7. The highest BCUT2D eigenvalue weighted by Crippen LogP contribution is 2.30. The van der Waals surface area contributed by atoms with Crippen molar-refractivity contribution in [1.29, 1.82) is 0 Å². The maximum absolute atomic E-state index is 3.47. The first-order valence-electron chi connectivity index (χ1n) is 7.55. The van der Waals surface area contributed by atoms with Gasteiger partial charge in [0.25, 0.3) is 0 Å². The molecule has 0 amide bonds. The molecule has 0 radical (unpaired) electrons. The van der Waals surface area contributed by atoms with Crippen molar-refractivity contribution in [2.75, 3.05) is 26.7 Å². The molecule has 0 aliphatic carbocycles. The molecule has 0 saturated carbocycles.